The lowest BCUT2D eigenvalue weighted by molar-refractivity contribution is 0.749. The van der Waals surface area contributed by atoms with E-state index in [1.807, 2.05) is 56.7 Å². The van der Waals surface area contributed by atoms with Crippen molar-refractivity contribution in [2.24, 2.45) is 9.98 Å². The minimum Gasteiger partial charge on any atom is -0.296 e. The van der Waals surface area contributed by atoms with Crippen molar-refractivity contribution in [3.8, 4) is 0 Å². The minimum atomic E-state index is 0.264. The fourth-order valence-corrected chi connectivity index (χ4v) is 1.37. The van der Waals surface area contributed by atoms with Crippen LogP contribution in [0.3, 0.4) is 0 Å². The Kier molecular flexibility index (Phi) is 9.47. The molecule has 0 bridgehead atoms. The van der Waals surface area contributed by atoms with Gasteiger partial charge in [0.2, 0.25) is 0 Å². The first-order valence-electron chi connectivity index (χ1n) is 6.19. The van der Waals surface area contributed by atoms with Crippen LogP contribution in [0.1, 0.15) is 27.2 Å². The first-order chi connectivity index (χ1) is 8.60. The Morgan fingerprint density at radius 1 is 1.33 bits per heavy atom. The summed E-state index contributed by atoms with van der Waals surface area (Å²) >= 11 is 0. The summed E-state index contributed by atoms with van der Waals surface area (Å²) in [4.78, 5) is 8.33. The second-order valence-corrected chi connectivity index (χ2v) is 4.19. The molecule has 0 aromatic carbocycles. The Morgan fingerprint density at radius 3 is 2.67 bits per heavy atom. The van der Waals surface area contributed by atoms with Gasteiger partial charge in [-0.2, -0.15) is 0 Å². The van der Waals surface area contributed by atoms with E-state index in [0.29, 0.717) is 0 Å². The van der Waals surface area contributed by atoms with Crippen LogP contribution < -0.4 is 0 Å². The van der Waals surface area contributed by atoms with Gasteiger partial charge in [-0.15, -0.1) is 0 Å². The van der Waals surface area contributed by atoms with Crippen LogP contribution in [0.5, 0.6) is 0 Å². The van der Waals surface area contributed by atoms with E-state index < -0.39 is 0 Å². The monoisotopic (exact) mass is 244 g/mol. The van der Waals surface area contributed by atoms with Crippen LogP contribution in [0.2, 0.25) is 0 Å². The fraction of sp³-hybridized carbons (Fsp3) is 0.375. The first kappa shape index (κ1) is 16.3. The number of rotatable bonds is 7. The third kappa shape index (κ3) is 9.52. The first-order valence-corrected chi connectivity index (χ1v) is 6.19. The van der Waals surface area contributed by atoms with Gasteiger partial charge in [0.25, 0.3) is 0 Å². The third-order valence-electron chi connectivity index (χ3n) is 2.20. The molecule has 0 spiro atoms. The highest BCUT2D eigenvalue weighted by Crippen LogP contribution is 2.07. The van der Waals surface area contributed by atoms with Crippen LogP contribution in [0.25, 0.3) is 0 Å². The maximum atomic E-state index is 4.38. The van der Waals surface area contributed by atoms with Crippen molar-refractivity contribution in [2.75, 3.05) is 7.05 Å². The van der Waals surface area contributed by atoms with E-state index in [9.17, 15) is 0 Å². The second-order valence-electron chi connectivity index (χ2n) is 4.19. The average Bonchev–Trinajstić information content (AvgIpc) is 2.29. The molecule has 2 nitrogen and oxygen atoms in total. The van der Waals surface area contributed by atoms with Gasteiger partial charge in [0.05, 0.1) is 6.04 Å². The van der Waals surface area contributed by atoms with Crippen molar-refractivity contribution < 1.29 is 0 Å². The summed E-state index contributed by atoms with van der Waals surface area (Å²) in [7, 11) is 1.77. The average molecular weight is 244 g/mol. The Labute approximate surface area is 111 Å². The third-order valence-corrected chi connectivity index (χ3v) is 2.20. The van der Waals surface area contributed by atoms with Crippen molar-refractivity contribution >= 4 is 12.4 Å². The zero-order valence-corrected chi connectivity index (χ0v) is 11.9. The van der Waals surface area contributed by atoms with Crippen LogP contribution >= 0.6 is 0 Å². The molecule has 0 fully saturated rings. The smallest absolute Gasteiger partial charge is 0.0511 e. The largest absolute Gasteiger partial charge is 0.296 e. The molecule has 0 aromatic heterocycles. The molecule has 0 amide bonds. The number of aliphatic imine (C=N–C) groups is 2. The maximum absolute atomic E-state index is 4.38. The standard InChI is InChI=1S/C16H24N2/c1-6-7-11-18-16(4)12-14(2)9-8-10-15(3)13-17-5/h6-11,13,16H,2,12H2,1,3-5H3/b7-6-,9-8+,15-10-,17-13-,18-11-. The van der Waals surface area contributed by atoms with Crippen LogP contribution in [0.4, 0.5) is 0 Å². The molecule has 0 saturated heterocycles. The zero-order valence-electron chi connectivity index (χ0n) is 11.9. The van der Waals surface area contributed by atoms with E-state index in [1.165, 1.54) is 0 Å². The van der Waals surface area contributed by atoms with Crippen molar-refractivity contribution in [2.45, 2.75) is 33.2 Å². The molecule has 0 aliphatic rings. The van der Waals surface area contributed by atoms with Crippen molar-refractivity contribution in [1.82, 2.24) is 0 Å². The number of hydrogen-bond acceptors (Lipinski definition) is 2. The van der Waals surface area contributed by atoms with Gasteiger partial charge in [0, 0.05) is 19.5 Å². The predicted octanol–water partition coefficient (Wildman–Crippen LogP) is 4.17. The van der Waals surface area contributed by atoms with Gasteiger partial charge in [-0.1, -0.05) is 36.5 Å². The molecule has 0 heterocycles. The minimum absolute atomic E-state index is 0.264. The molecule has 0 radical (unpaired) electrons. The summed E-state index contributed by atoms with van der Waals surface area (Å²) < 4.78 is 0. The highest BCUT2D eigenvalue weighted by Gasteiger charge is 1.97. The lowest BCUT2D eigenvalue weighted by Gasteiger charge is -2.04. The molecule has 0 saturated carbocycles. The van der Waals surface area contributed by atoms with Gasteiger partial charge in [0.1, 0.15) is 0 Å². The molecule has 0 N–H and O–H groups in total. The second kappa shape index (κ2) is 10.5. The van der Waals surface area contributed by atoms with Gasteiger partial charge in [-0.3, -0.25) is 9.98 Å². The summed E-state index contributed by atoms with van der Waals surface area (Å²) in [6.45, 7) is 10.1. The SMILES string of the molecule is C=C(/C=C/C=C(C)\C=N/C)CC(C)/N=C\C=C/C. The molecule has 0 aromatic rings. The van der Waals surface area contributed by atoms with Gasteiger partial charge in [-0.25, -0.2) is 0 Å². The topological polar surface area (TPSA) is 24.7 Å². The lowest BCUT2D eigenvalue weighted by Crippen LogP contribution is -1.98. The molecule has 1 atom stereocenters. The fourth-order valence-electron chi connectivity index (χ4n) is 1.37. The van der Waals surface area contributed by atoms with E-state index in [2.05, 4.69) is 23.5 Å². The van der Waals surface area contributed by atoms with E-state index in [4.69, 9.17) is 0 Å². The normalized spacial score (nSPS) is 15.4. The number of hydrogen-bond donors (Lipinski definition) is 0. The molecular weight excluding hydrogens is 220 g/mol. The van der Waals surface area contributed by atoms with Gasteiger partial charge in [0.15, 0.2) is 0 Å². The zero-order chi connectivity index (χ0) is 13.8. The van der Waals surface area contributed by atoms with Crippen LogP contribution in [-0.4, -0.2) is 25.5 Å². The molecule has 0 aliphatic heterocycles. The Morgan fingerprint density at radius 2 is 2.06 bits per heavy atom. The molecule has 18 heavy (non-hydrogen) atoms. The van der Waals surface area contributed by atoms with Crippen LogP contribution in [-0.2, 0) is 0 Å². The molecule has 0 aliphatic carbocycles. The lowest BCUT2D eigenvalue weighted by atomic mass is 10.1. The summed E-state index contributed by atoms with van der Waals surface area (Å²) in [5, 5.41) is 0. The molecule has 2 heteroatoms. The van der Waals surface area contributed by atoms with E-state index in [-0.39, 0.29) is 6.04 Å². The summed E-state index contributed by atoms with van der Waals surface area (Å²) in [6.07, 6.45) is 14.5. The number of allylic oxidation sites excluding steroid dienone is 6. The van der Waals surface area contributed by atoms with E-state index in [0.717, 1.165) is 17.6 Å². The van der Waals surface area contributed by atoms with Gasteiger partial charge < -0.3 is 0 Å². The Balaban J connectivity index is 4.19. The van der Waals surface area contributed by atoms with Gasteiger partial charge in [-0.05, 0) is 38.8 Å². The summed E-state index contributed by atoms with van der Waals surface area (Å²) in [6, 6.07) is 0.264. The Bertz CT molecular complexity index is 382. The highest BCUT2D eigenvalue weighted by atomic mass is 14.7. The van der Waals surface area contributed by atoms with Gasteiger partial charge >= 0.3 is 0 Å². The van der Waals surface area contributed by atoms with E-state index in [1.54, 1.807) is 7.05 Å². The molecular formula is C16H24N2. The molecule has 1 unspecified atom stereocenters. The molecule has 0 rings (SSSR count). The van der Waals surface area contributed by atoms with E-state index >= 15 is 0 Å². The quantitative estimate of drug-likeness (QED) is 0.474. The maximum Gasteiger partial charge on any atom is 0.0511 e. The van der Waals surface area contributed by atoms with Crippen molar-refractivity contribution in [3.63, 3.8) is 0 Å². The highest BCUT2D eigenvalue weighted by molar-refractivity contribution is 5.77. The Hall–Kier alpha value is -1.70. The number of nitrogens with zero attached hydrogens (tertiary/aromatic N) is 2. The van der Waals surface area contributed by atoms with Crippen LogP contribution in [0, 0.1) is 0 Å². The van der Waals surface area contributed by atoms with Crippen molar-refractivity contribution in [3.05, 3.63) is 48.1 Å². The van der Waals surface area contributed by atoms with Crippen molar-refractivity contribution in [1.29, 1.82) is 0 Å². The summed E-state index contributed by atoms with van der Waals surface area (Å²) in [5.41, 5.74) is 2.21. The summed E-state index contributed by atoms with van der Waals surface area (Å²) in [5.74, 6) is 0. The van der Waals surface area contributed by atoms with Crippen LogP contribution in [0.15, 0.2) is 58.1 Å². The molecule has 98 valence electrons. The predicted molar refractivity (Wildman–Crippen MR) is 83.8 cm³/mol.